The quantitative estimate of drug-likeness (QED) is 0.148. The van der Waals surface area contributed by atoms with Crippen LogP contribution in [-0.4, -0.2) is 137 Å². The Labute approximate surface area is 246 Å². The fourth-order valence-corrected chi connectivity index (χ4v) is 6.68. The average molecular weight is 609 g/mol. The monoisotopic (exact) mass is 608 g/mol. The van der Waals surface area contributed by atoms with Crippen molar-refractivity contribution in [1.82, 2.24) is 10.4 Å². The molecular formula is C28H36N2O13. The van der Waals surface area contributed by atoms with Crippen molar-refractivity contribution >= 4 is 18.0 Å². The largest absolute Gasteiger partial charge is 0.458 e. The van der Waals surface area contributed by atoms with Crippen molar-refractivity contribution < 1.29 is 63.6 Å². The van der Waals surface area contributed by atoms with Crippen molar-refractivity contribution in [3.8, 4) is 0 Å². The Morgan fingerprint density at radius 3 is 2.74 bits per heavy atom. The van der Waals surface area contributed by atoms with Gasteiger partial charge in [-0.05, 0) is 11.1 Å². The fraction of sp³-hybridized carbons (Fsp3) is 0.643. The number of ether oxygens (including phenoxy) is 5. The van der Waals surface area contributed by atoms with E-state index in [1.807, 2.05) is 24.3 Å². The van der Waals surface area contributed by atoms with E-state index in [-0.39, 0.29) is 39.5 Å². The van der Waals surface area contributed by atoms with Crippen LogP contribution in [0.1, 0.15) is 17.5 Å². The van der Waals surface area contributed by atoms with Gasteiger partial charge in [0.2, 0.25) is 5.91 Å². The summed E-state index contributed by atoms with van der Waals surface area (Å²) in [6.07, 6.45) is -5.79. The summed E-state index contributed by atoms with van der Waals surface area (Å²) in [6, 6.07) is 6.34. The highest BCUT2D eigenvalue weighted by molar-refractivity contribution is 5.93. The minimum atomic E-state index is -1.53. The average Bonchev–Trinajstić information content (AvgIpc) is 3.63. The molecule has 5 aliphatic rings. The molecule has 6 N–H and O–H groups in total. The van der Waals surface area contributed by atoms with Crippen LogP contribution in [0.15, 0.2) is 30.3 Å². The topological polar surface area (TPSA) is 206 Å². The molecule has 43 heavy (non-hydrogen) atoms. The third kappa shape index (κ3) is 5.38. The molecule has 1 aromatic carbocycles. The van der Waals surface area contributed by atoms with Gasteiger partial charge in [-0.25, -0.2) is 0 Å². The van der Waals surface area contributed by atoms with Crippen LogP contribution in [-0.2, 0) is 44.7 Å². The number of aliphatic hydroxyl groups excluding tert-OH is 5. The van der Waals surface area contributed by atoms with Gasteiger partial charge in [0.25, 0.3) is 0 Å². The van der Waals surface area contributed by atoms with E-state index < -0.39 is 85.1 Å². The van der Waals surface area contributed by atoms with Gasteiger partial charge in [0, 0.05) is 13.0 Å². The summed E-state index contributed by atoms with van der Waals surface area (Å²) in [5.74, 6) is -1.00. The lowest BCUT2D eigenvalue weighted by molar-refractivity contribution is -0.298. The van der Waals surface area contributed by atoms with Gasteiger partial charge >= 0.3 is 5.97 Å². The summed E-state index contributed by atoms with van der Waals surface area (Å²) in [7, 11) is 0. The Morgan fingerprint density at radius 2 is 1.95 bits per heavy atom. The first kappa shape index (κ1) is 30.5. The van der Waals surface area contributed by atoms with E-state index in [0.717, 1.165) is 11.1 Å². The van der Waals surface area contributed by atoms with E-state index in [2.05, 4.69) is 5.32 Å². The molecule has 1 aliphatic carbocycles. The lowest BCUT2D eigenvalue weighted by atomic mass is 9.62. The van der Waals surface area contributed by atoms with E-state index in [4.69, 9.17) is 28.5 Å². The number of amides is 1. The van der Waals surface area contributed by atoms with E-state index in [0.29, 0.717) is 0 Å². The second-order valence-corrected chi connectivity index (χ2v) is 11.3. The van der Waals surface area contributed by atoms with Crippen molar-refractivity contribution in [2.45, 2.75) is 74.1 Å². The predicted molar refractivity (Wildman–Crippen MR) is 141 cm³/mol. The first-order valence-corrected chi connectivity index (χ1v) is 14.2. The molecule has 6 rings (SSSR count). The molecule has 4 saturated heterocycles. The highest BCUT2D eigenvalue weighted by Gasteiger charge is 2.74. The standard InChI is InChI=1S/C28H36N2O13/c31-7-6-29-27(37)28-10-16-21-22(40-13-39-21)24(28)43-30(23(28)25(36)41-16)11-15-4-1-3-14(9-15)5-2-8-38-26-20(35)19(34)18(33)17(12-32)42-26/h1-5,9,16-24,26,31-35H,6-8,10-13H2,(H,29,37). The van der Waals surface area contributed by atoms with Gasteiger partial charge in [-0.15, -0.1) is 0 Å². The zero-order valence-corrected chi connectivity index (χ0v) is 23.1. The van der Waals surface area contributed by atoms with Crippen molar-refractivity contribution in [1.29, 1.82) is 0 Å². The number of hydrogen-bond donors (Lipinski definition) is 6. The van der Waals surface area contributed by atoms with E-state index >= 15 is 0 Å². The summed E-state index contributed by atoms with van der Waals surface area (Å²) >= 11 is 0. The lowest BCUT2D eigenvalue weighted by Gasteiger charge is -2.48. The number of nitrogens with one attached hydrogen (secondary N) is 1. The number of nitrogens with zero attached hydrogens (tertiary/aromatic N) is 1. The van der Waals surface area contributed by atoms with E-state index in [1.165, 1.54) is 5.06 Å². The van der Waals surface area contributed by atoms with Crippen LogP contribution >= 0.6 is 0 Å². The van der Waals surface area contributed by atoms with Gasteiger partial charge in [-0.3, -0.25) is 14.4 Å². The molecule has 1 aromatic rings. The predicted octanol–water partition coefficient (Wildman–Crippen LogP) is -2.83. The molecule has 15 nitrogen and oxygen atoms in total. The minimum Gasteiger partial charge on any atom is -0.458 e. The molecule has 2 bridgehead atoms. The molecular weight excluding hydrogens is 572 g/mol. The zero-order chi connectivity index (χ0) is 30.3. The maximum atomic E-state index is 13.6. The second-order valence-electron chi connectivity index (χ2n) is 11.3. The fourth-order valence-electron chi connectivity index (χ4n) is 6.68. The Balaban J connectivity index is 1.15. The molecule has 1 saturated carbocycles. The molecule has 0 spiro atoms. The third-order valence-corrected chi connectivity index (χ3v) is 8.70. The molecule has 11 unspecified atom stereocenters. The maximum Gasteiger partial charge on any atom is 0.327 e. The smallest absolute Gasteiger partial charge is 0.327 e. The summed E-state index contributed by atoms with van der Waals surface area (Å²) in [4.78, 5) is 33.2. The molecule has 0 aromatic heterocycles. The lowest BCUT2D eigenvalue weighted by Crippen LogP contribution is -2.69. The molecule has 5 fully saturated rings. The number of hydroxylamine groups is 2. The van der Waals surface area contributed by atoms with Gasteiger partial charge in [-0.1, -0.05) is 36.4 Å². The highest BCUT2D eigenvalue weighted by Crippen LogP contribution is 2.55. The van der Waals surface area contributed by atoms with Crippen LogP contribution in [0.2, 0.25) is 0 Å². The summed E-state index contributed by atoms with van der Waals surface area (Å²) in [5, 5.41) is 52.8. The van der Waals surface area contributed by atoms with Gasteiger partial charge in [0.1, 0.15) is 61.0 Å². The number of fused-ring (bicyclic) bond motifs is 4. The molecule has 1 amide bonds. The van der Waals surface area contributed by atoms with E-state index in [9.17, 15) is 35.1 Å². The van der Waals surface area contributed by atoms with Crippen molar-refractivity contribution in [3.63, 3.8) is 0 Å². The summed E-state index contributed by atoms with van der Waals surface area (Å²) in [5.41, 5.74) is 0.265. The van der Waals surface area contributed by atoms with Crippen LogP contribution in [0.25, 0.3) is 6.08 Å². The Bertz CT molecular complexity index is 1210. The van der Waals surface area contributed by atoms with Crippen LogP contribution in [0.3, 0.4) is 0 Å². The first-order valence-electron chi connectivity index (χ1n) is 14.2. The van der Waals surface area contributed by atoms with Gasteiger partial charge in [0.05, 0.1) is 26.4 Å². The number of carbonyl (C=O) groups is 2. The number of esters is 1. The summed E-state index contributed by atoms with van der Waals surface area (Å²) < 4.78 is 28.1. The number of aliphatic hydroxyl groups is 5. The van der Waals surface area contributed by atoms with Crippen molar-refractivity contribution in [2.75, 3.05) is 33.2 Å². The normalized spacial score (nSPS) is 40.4. The third-order valence-electron chi connectivity index (χ3n) is 8.70. The van der Waals surface area contributed by atoms with Crippen molar-refractivity contribution in [3.05, 3.63) is 41.5 Å². The molecule has 15 heteroatoms. The van der Waals surface area contributed by atoms with Crippen LogP contribution in [0, 0.1) is 5.41 Å². The molecule has 4 aliphatic heterocycles. The molecule has 4 heterocycles. The zero-order valence-electron chi connectivity index (χ0n) is 23.1. The van der Waals surface area contributed by atoms with Crippen molar-refractivity contribution in [2.24, 2.45) is 5.41 Å². The Kier molecular flexibility index (Phi) is 8.83. The molecule has 0 radical (unpaired) electrons. The molecule has 236 valence electrons. The van der Waals surface area contributed by atoms with Crippen LogP contribution in [0.4, 0.5) is 0 Å². The first-order chi connectivity index (χ1) is 20.8. The SMILES string of the molecule is O=C1OC2CC3(C(=O)NCCO)C(ON(Cc4cccc(C=CCOC5OC(CO)C(O)C(O)C5O)c4)C13)C1OCOC21. The summed E-state index contributed by atoms with van der Waals surface area (Å²) in [6.45, 7) is -0.637. The number of benzene rings is 1. The maximum absolute atomic E-state index is 13.6. The van der Waals surface area contributed by atoms with Gasteiger partial charge in [0.15, 0.2) is 12.3 Å². The van der Waals surface area contributed by atoms with Gasteiger partial charge < -0.3 is 54.5 Å². The van der Waals surface area contributed by atoms with Crippen LogP contribution in [0.5, 0.6) is 0 Å². The number of carbonyl (C=O) groups excluding carboxylic acids is 2. The highest BCUT2D eigenvalue weighted by atomic mass is 16.8. The van der Waals surface area contributed by atoms with Gasteiger partial charge in [-0.2, -0.15) is 5.06 Å². The molecule has 11 atom stereocenters. The number of rotatable bonds is 10. The minimum absolute atomic E-state index is 0.00325. The Morgan fingerprint density at radius 1 is 1.14 bits per heavy atom. The number of hydrogen-bond acceptors (Lipinski definition) is 14. The Hall–Kier alpha value is -2.54. The van der Waals surface area contributed by atoms with Crippen LogP contribution < -0.4 is 5.32 Å². The van der Waals surface area contributed by atoms with E-state index in [1.54, 1.807) is 12.2 Å². The second kappa shape index (κ2) is 12.5.